The molecule has 5 aromatic rings. The highest BCUT2D eigenvalue weighted by atomic mass is 16.5. The topological polar surface area (TPSA) is 48.7 Å². The van der Waals surface area contributed by atoms with Gasteiger partial charge in [-0.3, -0.25) is 9.38 Å². The van der Waals surface area contributed by atoms with Crippen LogP contribution in [0.15, 0.2) is 85.3 Å². The van der Waals surface area contributed by atoms with Gasteiger partial charge >= 0.3 is 0 Å². The van der Waals surface area contributed by atoms with E-state index in [0.717, 1.165) is 44.9 Å². The van der Waals surface area contributed by atoms with Gasteiger partial charge in [0.05, 0.1) is 30.2 Å². The van der Waals surface area contributed by atoms with Crippen molar-refractivity contribution in [3.05, 3.63) is 91.0 Å². The predicted octanol–water partition coefficient (Wildman–Crippen LogP) is 5.53. The lowest BCUT2D eigenvalue weighted by Gasteiger charge is -2.12. The number of rotatable bonds is 6. The third kappa shape index (κ3) is 3.35. The monoisotopic (exact) mass is 395 g/mol. The third-order valence-electron chi connectivity index (χ3n) is 5.04. The number of nitrogens with zero attached hydrogens (tertiary/aromatic N) is 3. The molecule has 3 aromatic heterocycles. The molecule has 30 heavy (non-hydrogen) atoms. The second-order valence-electron chi connectivity index (χ2n) is 6.94. The van der Waals surface area contributed by atoms with Gasteiger partial charge in [-0.15, -0.1) is 0 Å². The second-order valence-corrected chi connectivity index (χ2v) is 6.94. The maximum absolute atomic E-state index is 6.19. The fraction of sp³-hybridized carbons (Fsp3) is 0.120. The lowest BCUT2D eigenvalue weighted by molar-refractivity contribution is 0.303. The van der Waals surface area contributed by atoms with Crippen LogP contribution in [0.25, 0.3) is 27.7 Å². The van der Waals surface area contributed by atoms with Crippen molar-refractivity contribution in [2.24, 2.45) is 0 Å². The van der Waals surface area contributed by atoms with Crippen molar-refractivity contribution >= 4 is 16.3 Å². The van der Waals surface area contributed by atoms with Gasteiger partial charge in [-0.25, -0.2) is 4.98 Å². The Kier molecular flexibility index (Phi) is 4.77. The first-order valence-corrected chi connectivity index (χ1v) is 9.98. The molecule has 5 rings (SSSR count). The van der Waals surface area contributed by atoms with E-state index in [1.165, 1.54) is 0 Å². The second kappa shape index (κ2) is 7.87. The Hall–Kier alpha value is -3.86. The van der Waals surface area contributed by atoms with Gasteiger partial charge in [0.15, 0.2) is 0 Å². The quantitative estimate of drug-likeness (QED) is 0.379. The zero-order valence-corrected chi connectivity index (χ0v) is 16.7. The van der Waals surface area contributed by atoms with Crippen LogP contribution in [0.5, 0.6) is 11.5 Å². The number of hydrogen-bond acceptors (Lipinski definition) is 4. The molecule has 0 bridgehead atoms. The molecular weight excluding hydrogens is 374 g/mol. The number of aromatic nitrogens is 3. The van der Waals surface area contributed by atoms with Crippen molar-refractivity contribution in [3.63, 3.8) is 0 Å². The largest absolute Gasteiger partial charge is 0.494 e. The molecule has 5 nitrogen and oxygen atoms in total. The van der Waals surface area contributed by atoms with Gasteiger partial charge < -0.3 is 9.47 Å². The van der Waals surface area contributed by atoms with Crippen LogP contribution < -0.4 is 9.47 Å². The molecule has 0 amide bonds. The molecule has 148 valence electrons. The Balaban J connectivity index is 1.60. The summed E-state index contributed by atoms with van der Waals surface area (Å²) in [5, 5.41) is 2.15. The Morgan fingerprint density at radius 3 is 2.40 bits per heavy atom. The molecule has 2 aromatic carbocycles. The summed E-state index contributed by atoms with van der Waals surface area (Å²) < 4.78 is 13.8. The van der Waals surface area contributed by atoms with Gasteiger partial charge in [0, 0.05) is 22.5 Å². The number of benzene rings is 2. The van der Waals surface area contributed by atoms with E-state index in [4.69, 9.17) is 14.5 Å². The fourth-order valence-electron chi connectivity index (χ4n) is 3.63. The van der Waals surface area contributed by atoms with E-state index in [0.29, 0.717) is 13.2 Å². The van der Waals surface area contributed by atoms with Crippen LogP contribution in [0.4, 0.5) is 0 Å². The van der Waals surface area contributed by atoms with Gasteiger partial charge in [-0.05, 0) is 43.3 Å². The average Bonchev–Trinajstić information content (AvgIpc) is 3.23. The number of imidazole rings is 1. The van der Waals surface area contributed by atoms with Crippen molar-refractivity contribution in [1.29, 1.82) is 0 Å². The molecule has 0 spiro atoms. The lowest BCUT2D eigenvalue weighted by atomic mass is 10.1. The number of ether oxygens (including phenoxy) is 2. The number of hydrogen-bond donors (Lipinski definition) is 0. The number of fused-ring (bicyclic) bond motifs is 3. The molecule has 0 saturated heterocycles. The van der Waals surface area contributed by atoms with Crippen molar-refractivity contribution in [2.75, 3.05) is 6.61 Å². The van der Waals surface area contributed by atoms with E-state index in [2.05, 4.69) is 21.5 Å². The summed E-state index contributed by atoms with van der Waals surface area (Å²) in [5.41, 5.74) is 2.95. The molecule has 0 radical (unpaired) electrons. The van der Waals surface area contributed by atoms with E-state index >= 15 is 0 Å². The predicted molar refractivity (Wildman–Crippen MR) is 118 cm³/mol. The summed E-state index contributed by atoms with van der Waals surface area (Å²) in [5.74, 6) is 2.52. The average molecular weight is 395 g/mol. The maximum atomic E-state index is 6.19. The van der Waals surface area contributed by atoms with E-state index in [1.54, 1.807) is 6.20 Å². The van der Waals surface area contributed by atoms with E-state index in [9.17, 15) is 0 Å². The van der Waals surface area contributed by atoms with Crippen LogP contribution in [0.2, 0.25) is 0 Å². The molecule has 0 saturated carbocycles. The summed E-state index contributed by atoms with van der Waals surface area (Å²) in [6.45, 7) is 3.03. The van der Waals surface area contributed by atoms with Crippen molar-refractivity contribution in [2.45, 2.75) is 13.5 Å². The molecule has 0 aliphatic carbocycles. The third-order valence-corrected chi connectivity index (χ3v) is 5.04. The van der Waals surface area contributed by atoms with Crippen LogP contribution in [0, 0.1) is 0 Å². The van der Waals surface area contributed by atoms with Gasteiger partial charge in [0.1, 0.15) is 23.9 Å². The Bertz CT molecular complexity index is 1300. The van der Waals surface area contributed by atoms with Crippen LogP contribution in [0.3, 0.4) is 0 Å². The summed E-state index contributed by atoms with van der Waals surface area (Å²) in [6.07, 6.45) is 5.70. The molecular formula is C25H21N3O2. The highest BCUT2D eigenvalue weighted by Crippen LogP contribution is 2.33. The Morgan fingerprint density at radius 1 is 0.833 bits per heavy atom. The minimum Gasteiger partial charge on any atom is -0.494 e. The van der Waals surface area contributed by atoms with Crippen LogP contribution in [0.1, 0.15) is 12.6 Å². The van der Waals surface area contributed by atoms with Crippen LogP contribution in [-0.2, 0) is 6.61 Å². The zero-order chi connectivity index (χ0) is 20.3. The SMILES string of the molecule is CCOc1ccc(-c2ncc3c4ccccc4c(OCc4ccccn4)cn23)cc1. The first-order chi connectivity index (χ1) is 14.8. The summed E-state index contributed by atoms with van der Waals surface area (Å²) in [4.78, 5) is 9.06. The van der Waals surface area contributed by atoms with Crippen molar-refractivity contribution in [1.82, 2.24) is 14.4 Å². The molecule has 0 fully saturated rings. The Labute approximate surface area is 174 Å². The van der Waals surface area contributed by atoms with E-state index in [-0.39, 0.29) is 0 Å². The highest BCUT2D eigenvalue weighted by Gasteiger charge is 2.13. The molecule has 5 heteroatoms. The minimum absolute atomic E-state index is 0.406. The molecule has 0 unspecified atom stereocenters. The van der Waals surface area contributed by atoms with E-state index in [1.807, 2.05) is 73.9 Å². The number of pyridine rings is 2. The first-order valence-electron chi connectivity index (χ1n) is 9.98. The van der Waals surface area contributed by atoms with Gasteiger partial charge in [-0.1, -0.05) is 30.3 Å². The minimum atomic E-state index is 0.406. The fourth-order valence-corrected chi connectivity index (χ4v) is 3.63. The lowest BCUT2D eigenvalue weighted by Crippen LogP contribution is -2.00. The molecule has 0 aliphatic rings. The normalized spacial score (nSPS) is 11.1. The zero-order valence-electron chi connectivity index (χ0n) is 16.7. The van der Waals surface area contributed by atoms with E-state index < -0.39 is 0 Å². The van der Waals surface area contributed by atoms with Gasteiger partial charge in [0.25, 0.3) is 0 Å². The summed E-state index contributed by atoms with van der Waals surface area (Å²) in [7, 11) is 0. The highest BCUT2D eigenvalue weighted by molar-refractivity contribution is 6.00. The van der Waals surface area contributed by atoms with Crippen molar-refractivity contribution < 1.29 is 9.47 Å². The first kappa shape index (κ1) is 18.2. The van der Waals surface area contributed by atoms with Gasteiger partial charge in [0.2, 0.25) is 0 Å². The summed E-state index contributed by atoms with van der Waals surface area (Å²) in [6, 6.07) is 22.1. The molecule has 0 atom stereocenters. The smallest absolute Gasteiger partial charge is 0.144 e. The summed E-state index contributed by atoms with van der Waals surface area (Å²) >= 11 is 0. The molecule has 3 heterocycles. The van der Waals surface area contributed by atoms with Crippen LogP contribution >= 0.6 is 0 Å². The Morgan fingerprint density at radius 2 is 1.63 bits per heavy atom. The van der Waals surface area contributed by atoms with Gasteiger partial charge in [-0.2, -0.15) is 0 Å². The molecule has 0 N–H and O–H groups in total. The molecule has 0 aliphatic heterocycles. The maximum Gasteiger partial charge on any atom is 0.144 e. The van der Waals surface area contributed by atoms with Crippen molar-refractivity contribution in [3.8, 4) is 22.9 Å². The van der Waals surface area contributed by atoms with Crippen LogP contribution in [-0.4, -0.2) is 21.0 Å². The standard InChI is InChI=1S/C25H21N3O2/c1-2-29-20-12-10-18(11-13-20)25-27-15-23-21-8-3-4-9-22(21)24(16-28(23)25)30-17-19-7-5-6-14-26-19/h3-16H,2,17H2,1H3.